The Labute approximate surface area is 119 Å². The molecule has 9 heteroatoms. The van der Waals surface area contributed by atoms with Crippen LogP contribution in [0.1, 0.15) is 6.42 Å². The van der Waals surface area contributed by atoms with Gasteiger partial charge in [0, 0.05) is 29.7 Å². The number of rotatable bonds is 3. The average Bonchev–Trinajstić information content (AvgIpc) is 2.71. The van der Waals surface area contributed by atoms with Gasteiger partial charge >= 0.3 is 0 Å². The zero-order chi connectivity index (χ0) is 14.2. The molecule has 0 saturated carbocycles. The van der Waals surface area contributed by atoms with Gasteiger partial charge in [-0.3, -0.25) is 4.79 Å². The summed E-state index contributed by atoms with van der Waals surface area (Å²) in [6, 6.07) is 3.09. The van der Waals surface area contributed by atoms with Gasteiger partial charge in [0.05, 0.1) is 12.8 Å². The van der Waals surface area contributed by atoms with E-state index in [0.717, 1.165) is 0 Å². The van der Waals surface area contributed by atoms with Gasteiger partial charge in [0.2, 0.25) is 20.8 Å². The SMILES string of the molecule is COc1ccc(N2CC(S(=O)(=O)Cl)CC2=O)c(Cl)n1. The first-order valence-electron chi connectivity index (χ1n) is 5.27. The molecule has 19 heavy (non-hydrogen) atoms. The number of amides is 1. The zero-order valence-corrected chi connectivity index (χ0v) is 12.2. The number of aromatic nitrogens is 1. The normalized spacial score (nSPS) is 19.8. The maximum atomic E-state index is 11.8. The number of methoxy groups -OCH3 is 1. The summed E-state index contributed by atoms with van der Waals surface area (Å²) in [7, 11) is 2.93. The molecule has 1 aliphatic rings. The average molecular weight is 325 g/mol. The van der Waals surface area contributed by atoms with E-state index in [1.807, 2.05) is 0 Å². The summed E-state index contributed by atoms with van der Waals surface area (Å²) < 4.78 is 27.4. The largest absolute Gasteiger partial charge is 0.481 e. The highest BCUT2D eigenvalue weighted by atomic mass is 35.7. The molecule has 0 bridgehead atoms. The third-order valence-electron chi connectivity index (χ3n) is 2.79. The van der Waals surface area contributed by atoms with E-state index < -0.39 is 14.3 Å². The van der Waals surface area contributed by atoms with Crippen molar-refractivity contribution in [2.24, 2.45) is 0 Å². The minimum atomic E-state index is -3.78. The first-order valence-corrected chi connectivity index (χ1v) is 8.02. The number of ether oxygens (including phenoxy) is 1. The van der Waals surface area contributed by atoms with Crippen LogP contribution in [0.2, 0.25) is 5.15 Å². The Balaban J connectivity index is 2.31. The molecule has 0 aromatic carbocycles. The van der Waals surface area contributed by atoms with Gasteiger partial charge in [0.25, 0.3) is 0 Å². The Kier molecular flexibility index (Phi) is 3.89. The second kappa shape index (κ2) is 5.15. The van der Waals surface area contributed by atoms with E-state index in [1.165, 1.54) is 18.1 Å². The summed E-state index contributed by atoms with van der Waals surface area (Å²) >= 11 is 5.95. The van der Waals surface area contributed by atoms with Gasteiger partial charge in [-0.1, -0.05) is 11.6 Å². The number of halogens is 2. The molecule has 104 valence electrons. The van der Waals surface area contributed by atoms with Crippen LogP contribution in [0.5, 0.6) is 5.88 Å². The molecule has 0 N–H and O–H groups in total. The van der Waals surface area contributed by atoms with Crippen LogP contribution in [0.3, 0.4) is 0 Å². The predicted octanol–water partition coefficient (Wildman–Crippen LogP) is 1.42. The van der Waals surface area contributed by atoms with Gasteiger partial charge in [-0.05, 0) is 6.07 Å². The van der Waals surface area contributed by atoms with E-state index in [-0.39, 0.29) is 24.0 Å². The lowest BCUT2D eigenvalue weighted by Gasteiger charge is -2.17. The molecule has 0 spiro atoms. The van der Waals surface area contributed by atoms with Crippen molar-refractivity contribution in [1.82, 2.24) is 4.98 Å². The van der Waals surface area contributed by atoms with Gasteiger partial charge in [-0.25, -0.2) is 8.42 Å². The molecule has 1 atom stereocenters. The topological polar surface area (TPSA) is 76.6 Å². The number of hydrogen-bond donors (Lipinski definition) is 0. The molecule has 1 aliphatic heterocycles. The quantitative estimate of drug-likeness (QED) is 0.620. The molecule has 1 fully saturated rings. The Hall–Kier alpha value is -1.05. The predicted molar refractivity (Wildman–Crippen MR) is 71.3 cm³/mol. The Morgan fingerprint density at radius 2 is 2.16 bits per heavy atom. The first-order chi connectivity index (χ1) is 8.82. The van der Waals surface area contributed by atoms with Gasteiger partial charge in [0.1, 0.15) is 5.25 Å². The molecular formula is C10H10Cl2N2O4S. The van der Waals surface area contributed by atoms with E-state index in [0.29, 0.717) is 11.6 Å². The molecular weight excluding hydrogens is 315 g/mol. The fraction of sp³-hybridized carbons (Fsp3) is 0.400. The van der Waals surface area contributed by atoms with Crippen molar-refractivity contribution >= 4 is 42.9 Å². The van der Waals surface area contributed by atoms with E-state index in [1.54, 1.807) is 6.07 Å². The van der Waals surface area contributed by atoms with Crippen LogP contribution in [-0.4, -0.2) is 38.2 Å². The van der Waals surface area contributed by atoms with Crippen molar-refractivity contribution in [2.45, 2.75) is 11.7 Å². The Bertz CT molecular complexity index is 620. The van der Waals surface area contributed by atoms with Crippen LogP contribution in [0, 0.1) is 0 Å². The van der Waals surface area contributed by atoms with Gasteiger partial charge in [0.15, 0.2) is 5.15 Å². The summed E-state index contributed by atoms with van der Waals surface area (Å²) in [5, 5.41) is -0.861. The van der Waals surface area contributed by atoms with Crippen molar-refractivity contribution in [2.75, 3.05) is 18.6 Å². The van der Waals surface area contributed by atoms with Gasteiger partial charge in [-0.2, -0.15) is 4.98 Å². The van der Waals surface area contributed by atoms with Crippen LogP contribution < -0.4 is 9.64 Å². The maximum Gasteiger partial charge on any atom is 0.237 e. The minimum Gasteiger partial charge on any atom is -0.481 e. The van der Waals surface area contributed by atoms with E-state index in [9.17, 15) is 13.2 Å². The van der Waals surface area contributed by atoms with Crippen molar-refractivity contribution < 1.29 is 17.9 Å². The van der Waals surface area contributed by atoms with Gasteiger partial charge in [-0.15, -0.1) is 0 Å². The molecule has 1 aromatic heterocycles. The second-order valence-electron chi connectivity index (χ2n) is 3.97. The fourth-order valence-electron chi connectivity index (χ4n) is 1.82. The lowest BCUT2D eigenvalue weighted by atomic mass is 10.3. The summed E-state index contributed by atoms with van der Waals surface area (Å²) in [6.07, 6.45) is -0.159. The molecule has 1 unspecified atom stereocenters. The maximum absolute atomic E-state index is 11.8. The van der Waals surface area contributed by atoms with Gasteiger partial charge < -0.3 is 9.64 Å². The van der Waals surface area contributed by atoms with E-state index in [4.69, 9.17) is 27.0 Å². The highest BCUT2D eigenvalue weighted by Crippen LogP contribution is 2.32. The van der Waals surface area contributed by atoms with Crippen LogP contribution in [0.4, 0.5) is 5.69 Å². The third kappa shape index (κ3) is 2.93. The highest BCUT2D eigenvalue weighted by Gasteiger charge is 2.38. The summed E-state index contributed by atoms with van der Waals surface area (Å²) in [5.41, 5.74) is 0.343. The van der Waals surface area contributed by atoms with Crippen molar-refractivity contribution in [3.8, 4) is 5.88 Å². The van der Waals surface area contributed by atoms with E-state index in [2.05, 4.69) is 4.98 Å². The number of pyridine rings is 1. The van der Waals surface area contributed by atoms with Crippen LogP contribution in [0.15, 0.2) is 12.1 Å². The molecule has 0 aliphatic carbocycles. The Morgan fingerprint density at radius 1 is 1.47 bits per heavy atom. The number of nitrogens with zero attached hydrogens (tertiary/aromatic N) is 2. The molecule has 6 nitrogen and oxygen atoms in total. The molecule has 1 aromatic rings. The van der Waals surface area contributed by atoms with Crippen molar-refractivity contribution in [3.05, 3.63) is 17.3 Å². The number of carbonyl (C=O) groups is 1. The molecule has 1 amide bonds. The van der Waals surface area contributed by atoms with Crippen molar-refractivity contribution in [3.63, 3.8) is 0 Å². The molecule has 2 heterocycles. The zero-order valence-electron chi connectivity index (χ0n) is 9.84. The molecule has 0 radical (unpaired) electrons. The fourth-order valence-corrected chi connectivity index (χ4v) is 3.10. The summed E-state index contributed by atoms with van der Waals surface area (Å²) in [6.45, 7) is -0.0294. The lowest BCUT2D eigenvalue weighted by molar-refractivity contribution is -0.117. The number of anilines is 1. The highest BCUT2D eigenvalue weighted by molar-refractivity contribution is 8.14. The first kappa shape index (κ1) is 14.4. The molecule has 2 rings (SSSR count). The number of carbonyl (C=O) groups excluding carboxylic acids is 1. The van der Waals surface area contributed by atoms with Crippen LogP contribution >= 0.6 is 22.3 Å². The summed E-state index contributed by atoms with van der Waals surface area (Å²) in [4.78, 5) is 17.0. The smallest absolute Gasteiger partial charge is 0.237 e. The van der Waals surface area contributed by atoms with Crippen molar-refractivity contribution in [1.29, 1.82) is 0 Å². The van der Waals surface area contributed by atoms with Crippen LogP contribution in [-0.2, 0) is 13.8 Å². The van der Waals surface area contributed by atoms with E-state index >= 15 is 0 Å². The van der Waals surface area contributed by atoms with Crippen LogP contribution in [0.25, 0.3) is 0 Å². The standard InChI is InChI=1S/C10H10Cl2N2O4S/c1-18-8-3-2-7(10(11)13-8)14-5-6(4-9(14)15)19(12,16)17/h2-3,6H,4-5H2,1H3. The monoisotopic (exact) mass is 324 g/mol. The third-order valence-corrected chi connectivity index (χ3v) is 4.94. The lowest BCUT2D eigenvalue weighted by Crippen LogP contribution is -2.27. The molecule has 1 saturated heterocycles. The number of hydrogen-bond acceptors (Lipinski definition) is 5. The minimum absolute atomic E-state index is 0.0294. The Morgan fingerprint density at radius 3 is 2.63 bits per heavy atom. The second-order valence-corrected chi connectivity index (χ2v) is 7.24. The summed E-state index contributed by atoms with van der Waals surface area (Å²) in [5.74, 6) is -0.0509.